The highest BCUT2D eigenvalue weighted by Crippen LogP contribution is 2.23. The van der Waals surface area contributed by atoms with Crippen molar-refractivity contribution < 1.29 is 0 Å². The molecule has 4 aromatic carbocycles. The SMILES string of the molecule is BrCc1cc(CBr)cc([Si](c2cc(CBr)cc(CBr)c2)(c2cc(CBr)cc(CBr)c2)c2cc(CBr)cc(CBr)c2)c1. The summed E-state index contributed by atoms with van der Waals surface area (Å²) in [4.78, 5) is 0. The zero-order chi connectivity index (χ0) is 29.6. The van der Waals surface area contributed by atoms with Crippen molar-refractivity contribution in [2.75, 3.05) is 0 Å². The predicted molar refractivity (Wildman–Crippen MR) is 211 cm³/mol. The minimum atomic E-state index is -2.85. The van der Waals surface area contributed by atoms with Crippen LogP contribution >= 0.6 is 127 Å². The number of hydrogen-bond donors (Lipinski definition) is 0. The van der Waals surface area contributed by atoms with Crippen LogP contribution < -0.4 is 20.7 Å². The largest absolute Gasteiger partial charge is 0.179 e. The van der Waals surface area contributed by atoms with Gasteiger partial charge in [0.05, 0.1) is 0 Å². The third kappa shape index (κ3) is 7.85. The van der Waals surface area contributed by atoms with E-state index in [9.17, 15) is 0 Å². The van der Waals surface area contributed by atoms with Crippen molar-refractivity contribution in [2.45, 2.75) is 42.6 Å². The van der Waals surface area contributed by atoms with E-state index < -0.39 is 8.07 Å². The van der Waals surface area contributed by atoms with E-state index in [-0.39, 0.29) is 0 Å². The molecule has 41 heavy (non-hydrogen) atoms. The van der Waals surface area contributed by atoms with E-state index in [1.807, 2.05) is 0 Å². The standard InChI is InChI=1S/C32H28Br8Si/c33-13-21-1-22(14-34)6-29(5-21)41(30-7-23(15-35)2-24(8-30)16-36,31-9-25(17-37)3-26(10-31)18-38)32-11-27(19-39)4-28(12-32)20-40/h1-12H,13-20H2. The first-order chi connectivity index (χ1) is 19.9. The Morgan fingerprint density at radius 3 is 0.537 bits per heavy atom. The molecule has 0 aliphatic rings. The van der Waals surface area contributed by atoms with Crippen molar-refractivity contribution in [3.05, 3.63) is 117 Å². The molecular weight excluding hydrogens is 1050 g/mol. The van der Waals surface area contributed by atoms with Crippen LogP contribution in [0.15, 0.2) is 72.8 Å². The smallest absolute Gasteiger partial charge is 0.0876 e. The van der Waals surface area contributed by atoms with E-state index in [1.165, 1.54) is 65.3 Å². The highest BCUT2D eigenvalue weighted by molar-refractivity contribution is 9.09. The molecule has 4 aromatic rings. The van der Waals surface area contributed by atoms with Gasteiger partial charge in [0.1, 0.15) is 0 Å². The molecule has 0 N–H and O–H groups in total. The van der Waals surface area contributed by atoms with E-state index in [0.29, 0.717) is 0 Å². The monoisotopic (exact) mass is 1070 g/mol. The quantitative estimate of drug-likeness (QED) is 0.0754. The van der Waals surface area contributed by atoms with Crippen LogP contribution in [0.3, 0.4) is 0 Å². The summed E-state index contributed by atoms with van der Waals surface area (Å²) >= 11 is 30.3. The van der Waals surface area contributed by atoms with Crippen LogP contribution in [0.25, 0.3) is 0 Å². The molecule has 0 radical (unpaired) electrons. The Morgan fingerprint density at radius 1 is 0.268 bits per heavy atom. The molecule has 4 rings (SSSR count). The summed E-state index contributed by atoms with van der Waals surface area (Å²) in [6.07, 6.45) is 0. The van der Waals surface area contributed by atoms with Crippen molar-refractivity contribution in [2.24, 2.45) is 0 Å². The molecule has 0 saturated carbocycles. The van der Waals surface area contributed by atoms with Gasteiger partial charge in [-0.3, -0.25) is 0 Å². The number of alkyl halides is 8. The summed E-state index contributed by atoms with van der Waals surface area (Å²) in [5.41, 5.74) is 10.3. The first-order valence-electron chi connectivity index (χ1n) is 12.9. The van der Waals surface area contributed by atoms with Gasteiger partial charge in [0.15, 0.2) is 8.07 Å². The summed E-state index contributed by atoms with van der Waals surface area (Å²) in [5.74, 6) is 0. The minimum absolute atomic E-state index is 0.807. The van der Waals surface area contributed by atoms with Gasteiger partial charge in [-0.2, -0.15) is 0 Å². The van der Waals surface area contributed by atoms with Gasteiger partial charge in [0.2, 0.25) is 0 Å². The Labute approximate surface area is 312 Å². The Hall–Kier alpha value is 0.937. The molecule has 0 aliphatic heterocycles. The van der Waals surface area contributed by atoms with E-state index in [1.54, 1.807) is 0 Å². The van der Waals surface area contributed by atoms with E-state index in [4.69, 9.17) is 0 Å². The Kier molecular flexibility index (Phi) is 14.0. The molecule has 0 spiro atoms. The number of benzene rings is 4. The maximum Gasteiger partial charge on any atom is 0.179 e. The fourth-order valence-electron chi connectivity index (χ4n) is 5.53. The molecule has 0 aromatic heterocycles. The fourth-order valence-corrected chi connectivity index (χ4v) is 13.3. The summed E-state index contributed by atoms with van der Waals surface area (Å²) < 4.78 is 0. The lowest BCUT2D eigenvalue weighted by molar-refractivity contribution is 1.34. The van der Waals surface area contributed by atoms with Crippen LogP contribution in [-0.2, 0) is 42.6 Å². The molecule has 0 fully saturated rings. The summed E-state index contributed by atoms with van der Waals surface area (Å²) in [6, 6.07) is 28.8. The molecule has 0 amide bonds. The van der Waals surface area contributed by atoms with Gasteiger partial charge in [-0.05, 0) is 65.3 Å². The van der Waals surface area contributed by atoms with Crippen molar-refractivity contribution in [3.63, 3.8) is 0 Å². The zero-order valence-electron chi connectivity index (χ0n) is 22.1. The molecule has 0 nitrogen and oxygen atoms in total. The average molecular weight is 1080 g/mol. The molecule has 0 bridgehead atoms. The van der Waals surface area contributed by atoms with Crippen LogP contribution in [0.4, 0.5) is 0 Å². The first kappa shape index (κ1) is 34.8. The number of rotatable bonds is 12. The number of hydrogen-bond acceptors (Lipinski definition) is 0. The topological polar surface area (TPSA) is 0 Å². The van der Waals surface area contributed by atoms with Crippen LogP contribution in [0.5, 0.6) is 0 Å². The fraction of sp³-hybridized carbons (Fsp3) is 0.250. The lowest BCUT2D eigenvalue weighted by Gasteiger charge is -2.37. The van der Waals surface area contributed by atoms with Crippen molar-refractivity contribution in [3.8, 4) is 0 Å². The molecule has 0 unspecified atom stereocenters. The maximum absolute atomic E-state index is 3.79. The van der Waals surface area contributed by atoms with Gasteiger partial charge < -0.3 is 0 Å². The Morgan fingerprint density at radius 2 is 0.415 bits per heavy atom. The lowest BCUT2D eigenvalue weighted by atomic mass is 10.1. The second-order valence-corrected chi connectivity index (χ2v) is 18.3. The van der Waals surface area contributed by atoms with Crippen molar-refractivity contribution in [1.82, 2.24) is 0 Å². The van der Waals surface area contributed by atoms with Gasteiger partial charge in [-0.15, -0.1) is 0 Å². The van der Waals surface area contributed by atoms with Gasteiger partial charge in [0.25, 0.3) is 0 Å². The van der Waals surface area contributed by atoms with Crippen molar-refractivity contribution in [1.29, 1.82) is 0 Å². The third-order valence-electron chi connectivity index (χ3n) is 7.18. The van der Waals surface area contributed by atoms with Crippen LogP contribution in [-0.4, -0.2) is 8.07 Å². The highest BCUT2D eigenvalue weighted by atomic mass is 79.9. The summed E-state index contributed by atoms with van der Waals surface area (Å²) in [6.45, 7) is 0. The van der Waals surface area contributed by atoms with E-state index in [0.717, 1.165) is 42.6 Å². The molecule has 0 heterocycles. The molecule has 9 heteroatoms. The molecular formula is C32H28Br8Si. The third-order valence-corrected chi connectivity index (χ3v) is 17.0. The predicted octanol–water partition coefficient (Wildman–Crippen LogP) is 10.2. The van der Waals surface area contributed by atoms with Crippen molar-refractivity contribution >= 4 is 156 Å². The average Bonchev–Trinajstić information content (AvgIpc) is 3.04. The zero-order valence-corrected chi connectivity index (χ0v) is 35.8. The maximum atomic E-state index is 3.79. The van der Waals surface area contributed by atoms with Gasteiger partial charge in [-0.25, -0.2) is 0 Å². The summed E-state index contributed by atoms with van der Waals surface area (Å²) in [5, 5.41) is 12.1. The van der Waals surface area contributed by atoms with Crippen LogP contribution in [0.2, 0.25) is 0 Å². The van der Waals surface area contributed by atoms with E-state index >= 15 is 0 Å². The van der Waals surface area contributed by atoms with Gasteiger partial charge in [0, 0.05) is 42.6 Å². The Balaban J connectivity index is 2.32. The molecule has 216 valence electrons. The van der Waals surface area contributed by atoms with Gasteiger partial charge >= 0.3 is 0 Å². The first-order valence-corrected chi connectivity index (χ1v) is 23.9. The molecule has 0 atom stereocenters. The summed E-state index contributed by atoms with van der Waals surface area (Å²) in [7, 11) is -2.85. The second-order valence-electron chi connectivity index (χ2n) is 9.97. The minimum Gasteiger partial charge on any atom is -0.0876 e. The van der Waals surface area contributed by atoms with Gasteiger partial charge in [-0.1, -0.05) is 200 Å². The molecule has 0 saturated heterocycles. The Bertz CT molecular complexity index is 1190. The highest BCUT2D eigenvalue weighted by Gasteiger charge is 2.43. The molecule has 0 aliphatic carbocycles. The van der Waals surface area contributed by atoms with Crippen LogP contribution in [0.1, 0.15) is 44.5 Å². The normalized spacial score (nSPS) is 11.7. The number of halogens is 8. The second kappa shape index (κ2) is 16.5. The van der Waals surface area contributed by atoms with E-state index in [2.05, 4.69) is 200 Å². The van der Waals surface area contributed by atoms with Crippen LogP contribution in [0, 0.1) is 0 Å². The lowest BCUT2D eigenvalue weighted by Crippen LogP contribution is -2.75.